The van der Waals surface area contributed by atoms with Crippen LogP contribution in [0, 0.1) is 0 Å². The van der Waals surface area contributed by atoms with Crippen molar-refractivity contribution in [3.8, 4) is 0 Å². The molecule has 0 saturated carbocycles. The average Bonchev–Trinajstić information content (AvgIpc) is 2.07. The van der Waals surface area contributed by atoms with Crippen LogP contribution >= 0.6 is 31.9 Å². The third-order valence-electron chi connectivity index (χ3n) is 1.59. The average molecular weight is 305 g/mol. The first-order valence-electron chi connectivity index (χ1n) is 3.38. The lowest BCUT2D eigenvalue weighted by Crippen LogP contribution is -2.09. The van der Waals surface area contributed by atoms with Crippen LogP contribution in [0.5, 0.6) is 0 Å². The lowest BCUT2D eigenvalue weighted by Gasteiger charge is -1.98. The number of aromatic amines is 1. The van der Waals surface area contributed by atoms with E-state index in [1.807, 2.05) is 6.07 Å². The highest BCUT2D eigenvalue weighted by Gasteiger charge is 2.04. The molecule has 0 spiro atoms. The number of halogens is 2. The molecule has 0 fully saturated rings. The molecule has 0 bridgehead atoms. The second-order valence-electron chi connectivity index (χ2n) is 2.43. The minimum Gasteiger partial charge on any atom is -0.265 e. The third kappa shape index (κ3) is 1.51. The first-order valence-corrected chi connectivity index (χ1v) is 4.97. The highest BCUT2D eigenvalue weighted by molar-refractivity contribution is 9.11. The van der Waals surface area contributed by atoms with Gasteiger partial charge in [0.05, 0.1) is 10.9 Å². The molecule has 0 saturated heterocycles. The second-order valence-corrected chi connectivity index (χ2v) is 4.20. The fourth-order valence-electron chi connectivity index (χ4n) is 1.03. The summed E-state index contributed by atoms with van der Waals surface area (Å²) in [6.07, 6.45) is 0. The van der Waals surface area contributed by atoms with Crippen molar-refractivity contribution in [2.45, 2.75) is 0 Å². The van der Waals surface area contributed by atoms with Crippen molar-refractivity contribution < 1.29 is 0 Å². The van der Waals surface area contributed by atoms with Crippen molar-refractivity contribution in [1.82, 2.24) is 15.4 Å². The van der Waals surface area contributed by atoms with Crippen LogP contribution in [0.2, 0.25) is 0 Å². The van der Waals surface area contributed by atoms with E-state index in [1.54, 1.807) is 6.07 Å². The zero-order valence-electron chi connectivity index (χ0n) is 6.21. The van der Waals surface area contributed by atoms with E-state index in [0.29, 0.717) is 10.9 Å². The summed E-state index contributed by atoms with van der Waals surface area (Å²) in [6, 6.07) is 3.54. The van der Waals surface area contributed by atoms with Gasteiger partial charge < -0.3 is 0 Å². The van der Waals surface area contributed by atoms with Crippen molar-refractivity contribution in [1.29, 1.82) is 0 Å². The quantitative estimate of drug-likeness (QED) is 0.808. The first-order chi connectivity index (χ1) is 6.18. The molecule has 0 unspecified atom stereocenters. The van der Waals surface area contributed by atoms with E-state index in [4.69, 9.17) is 0 Å². The number of fused-ring (bicyclic) bond motifs is 1. The zero-order chi connectivity index (χ0) is 9.42. The van der Waals surface area contributed by atoms with E-state index in [0.717, 1.165) is 8.95 Å². The van der Waals surface area contributed by atoms with Gasteiger partial charge in [-0.1, -0.05) is 26.2 Å². The van der Waals surface area contributed by atoms with E-state index in [9.17, 15) is 4.79 Å². The summed E-state index contributed by atoms with van der Waals surface area (Å²) in [5.74, 6) is 0. The summed E-state index contributed by atoms with van der Waals surface area (Å²) in [4.78, 5) is 11.2. The van der Waals surface area contributed by atoms with Gasteiger partial charge in [0, 0.05) is 8.95 Å². The lowest BCUT2D eigenvalue weighted by molar-refractivity contribution is 0.871. The van der Waals surface area contributed by atoms with Gasteiger partial charge in [0.15, 0.2) is 0 Å². The van der Waals surface area contributed by atoms with Gasteiger partial charge in [-0.05, 0) is 28.1 Å². The van der Waals surface area contributed by atoms with Gasteiger partial charge in [0.2, 0.25) is 0 Å². The molecule has 6 heteroatoms. The molecule has 0 radical (unpaired) electrons. The van der Waals surface area contributed by atoms with Crippen LogP contribution in [-0.4, -0.2) is 15.4 Å². The summed E-state index contributed by atoms with van der Waals surface area (Å²) < 4.78 is 1.61. The van der Waals surface area contributed by atoms with E-state index < -0.39 is 0 Å². The maximum Gasteiger partial charge on any atom is 0.299 e. The molecule has 4 nitrogen and oxygen atoms in total. The Bertz CT molecular complexity index is 523. The Kier molecular flexibility index (Phi) is 2.17. The van der Waals surface area contributed by atoms with E-state index in [1.165, 1.54) is 0 Å². The minimum absolute atomic E-state index is 0.337. The molecule has 1 aromatic heterocycles. The summed E-state index contributed by atoms with van der Waals surface area (Å²) in [6.45, 7) is 0. The predicted octanol–water partition coefficient (Wildman–Crippen LogP) is 1.84. The molecule has 0 aliphatic heterocycles. The maximum atomic E-state index is 11.2. The van der Waals surface area contributed by atoms with Gasteiger partial charge in [-0.25, -0.2) is 0 Å². The SMILES string of the molecule is O=c1nn[nH]c2c(Br)cc(Br)cc12. The number of hydrogen-bond donors (Lipinski definition) is 1. The standard InChI is InChI=1S/C7H3Br2N3O/c8-3-1-4-6(5(9)2-3)10-12-11-7(4)13/h1-2H,(H,10,11,13). The Morgan fingerprint density at radius 3 is 2.85 bits per heavy atom. The molecular formula is C7H3Br2N3O. The van der Waals surface area contributed by atoms with Crippen LogP contribution in [0.15, 0.2) is 25.9 Å². The topological polar surface area (TPSA) is 58.6 Å². The molecule has 1 N–H and O–H groups in total. The van der Waals surface area contributed by atoms with Crippen molar-refractivity contribution in [2.24, 2.45) is 0 Å². The Labute approximate surface area is 89.6 Å². The smallest absolute Gasteiger partial charge is 0.265 e. The number of nitrogens with zero attached hydrogens (tertiary/aromatic N) is 2. The fraction of sp³-hybridized carbons (Fsp3) is 0. The molecule has 1 heterocycles. The van der Waals surface area contributed by atoms with Gasteiger partial charge >= 0.3 is 0 Å². The van der Waals surface area contributed by atoms with Crippen LogP contribution < -0.4 is 5.56 Å². The van der Waals surface area contributed by atoms with Gasteiger partial charge in [-0.3, -0.25) is 9.89 Å². The van der Waals surface area contributed by atoms with E-state index in [2.05, 4.69) is 47.3 Å². The number of benzene rings is 1. The fourth-order valence-corrected chi connectivity index (χ4v) is 2.34. The molecule has 13 heavy (non-hydrogen) atoms. The minimum atomic E-state index is -0.337. The van der Waals surface area contributed by atoms with Crippen LogP contribution in [0.4, 0.5) is 0 Å². The Morgan fingerprint density at radius 1 is 1.31 bits per heavy atom. The zero-order valence-corrected chi connectivity index (χ0v) is 9.39. The molecule has 1 aromatic carbocycles. The number of hydrogen-bond acceptors (Lipinski definition) is 3. The lowest BCUT2D eigenvalue weighted by atomic mass is 10.2. The molecule has 66 valence electrons. The van der Waals surface area contributed by atoms with Gasteiger partial charge in [-0.2, -0.15) is 0 Å². The maximum absolute atomic E-state index is 11.2. The summed E-state index contributed by atoms with van der Waals surface area (Å²) in [5, 5.41) is 10.0. The highest BCUT2D eigenvalue weighted by Crippen LogP contribution is 2.23. The number of H-pyrrole nitrogens is 1. The second kappa shape index (κ2) is 3.19. The van der Waals surface area contributed by atoms with Crippen LogP contribution in [0.25, 0.3) is 10.9 Å². The van der Waals surface area contributed by atoms with Crippen molar-refractivity contribution in [3.05, 3.63) is 31.4 Å². The Hall–Kier alpha value is -0.750. The number of nitrogens with one attached hydrogen (secondary N) is 1. The monoisotopic (exact) mass is 303 g/mol. The van der Waals surface area contributed by atoms with E-state index in [-0.39, 0.29) is 5.56 Å². The summed E-state index contributed by atoms with van der Waals surface area (Å²) >= 11 is 6.60. The third-order valence-corrected chi connectivity index (χ3v) is 2.67. The summed E-state index contributed by atoms with van der Waals surface area (Å²) in [5.41, 5.74) is 0.318. The molecule has 2 rings (SSSR count). The molecule has 0 atom stereocenters. The molecule has 0 aliphatic rings. The largest absolute Gasteiger partial charge is 0.299 e. The van der Waals surface area contributed by atoms with Crippen molar-refractivity contribution in [3.63, 3.8) is 0 Å². The van der Waals surface area contributed by atoms with Crippen LogP contribution in [0.3, 0.4) is 0 Å². The Morgan fingerprint density at radius 2 is 2.08 bits per heavy atom. The van der Waals surface area contributed by atoms with Crippen LogP contribution in [-0.2, 0) is 0 Å². The normalized spacial score (nSPS) is 10.6. The molecule has 0 amide bonds. The number of rotatable bonds is 0. The highest BCUT2D eigenvalue weighted by atomic mass is 79.9. The van der Waals surface area contributed by atoms with Gasteiger partial charge in [0.25, 0.3) is 5.56 Å². The molecule has 0 aliphatic carbocycles. The van der Waals surface area contributed by atoms with Gasteiger partial charge in [0.1, 0.15) is 0 Å². The summed E-state index contributed by atoms with van der Waals surface area (Å²) in [7, 11) is 0. The van der Waals surface area contributed by atoms with E-state index >= 15 is 0 Å². The Balaban J connectivity index is 3.03. The predicted molar refractivity (Wildman–Crippen MR) is 55.6 cm³/mol. The van der Waals surface area contributed by atoms with Gasteiger partial charge in [-0.15, -0.1) is 0 Å². The number of aromatic nitrogens is 3. The van der Waals surface area contributed by atoms with Crippen molar-refractivity contribution >= 4 is 42.8 Å². The molecule has 2 aromatic rings. The first kappa shape index (κ1) is 8.83. The van der Waals surface area contributed by atoms with Crippen molar-refractivity contribution in [2.75, 3.05) is 0 Å². The van der Waals surface area contributed by atoms with Crippen LogP contribution in [0.1, 0.15) is 0 Å². The molecular weight excluding hydrogens is 302 g/mol.